The van der Waals surface area contributed by atoms with Crippen molar-refractivity contribution in [1.82, 2.24) is 19.9 Å². The molecule has 2 aromatic rings. The molecule has 2 N–H and O–H groups in total. The van der Waals surface area contributed by atoms with Crippen molar-refractivity contribution in [2.24, 2.45) is 17.3 Å². The number of carbonyl (C=O) groups excluding carboxylic acids is 4. The monoisotopic (exact) mass is 846 g/mol. The number of nitrogens with one attached hydrogen (secondary N) is 2. The van der Waals surface area contributed by atoms with Crippen LogP contribution in [0.4, 0.5) is 8.78 Å². The molecule has 1 spiro atoms. The highest BCUT2D eigenvalue weighted by Gasteiger charge is 2.64. The molecule has 1 aromatic carbocycles. The minimum atomic E-state index is -4.07. The van der Waals surface area contributed by atoms with Crippen LogP contribution in [0.3, 0.4) is 0 Å². The van der Waals surface area contributed by atoms with Crippen LogP contribution in [0.5, 0.6) is 11.5 Å². The van der Waals surface area contributed by atoms with E-state index in [4.69, 9.17) is 17.0 Å². The van der Waals surface area contributed by atoms with Crippen LogP contribution >= 0.6 is 0 Å². The van der Waals surface area contributed by atoms with Gasteiger partial charge in [-0.2, -0.15) is 0 Å². The van der Waals surface area contributed by atoms with Gasteiger partial charge in [0.2, 0.25) is 28.7 Å². The molecule has 16 heteroatoms. The average Bonchev–Trinajstić information content (AvgIpc) is 4.03. The molecule has 13 nitrogen and oxygen atoms in total. The van der Waals surface area contributed by atoms with E-state index >= 15 is 4.39 Å². The molecule has 324 valence electrons. The number of carbonyl (C=O) groups is 4. The second-order valence-electron chi connectivity index (χ2n) is 18.3. The summed E-state index contributed by atoms with van der Waals surface area (Å²) in [5.41, 5.74) is -2.78. The van der Waals surface area contributed by atoms with Crippen LogP contribution < -0.4 is 19.5 Å². The molecule has 0 bridgehead atoms. The molecule has 1 saturated heterocycles. The standard InChI is InChI=1S/C42H54F2N4O9S.CH4/c1-25-35-34(29-18-28(56-24-43)13-14-31(29)45-25)30(44)20-41(57-35)21-32-36(50)46-42(38(52)47-58(53,54)40(5)15-16-40)19-27(42)12-10-8-6-7-9-11-26(37(51)48(32)22-41)17-33(49)55-23-39(2,3)4;/h10,12-14,18,26-27,30,32H,6-9,11,15-17,19-24H2,1-5H3,(H,46,50)(H,47,52);1H4/b12-10-;/t26-,27-,30-,32+,41-,42-;/m1./s1/i24D2;. The predicted molar refractivity (Wildman–Crippen MR) is 216 cm³/mol. The van der Waals surface area contributed by atoms with Crippen molar-refractivity contribution in [3.63, 3.8) is 0 Å². The number of allylic oxidation sites excluding steroid dienone is 1. The maximum absolute atomic E-state index is 16.9. The third-order valence-corrected chi connectivity index (χ3v) is 14.4. The second kappa shape index (κ2) is 16.3. The van der Waals surface area contributed by atoms with Crippen molar-refractivity contribution in [3.8, 4) is 11.5 Å². The fraction of sp³-hybridized carbons (Fsp3) is 0.651. The molecule has 3 amide bonds. The van der Waals surface area contributed by atoms with Crippen molar-refractivity contribution in [2.45, 2.75) is 141 Å². The number of sulfonamides is 1. The van der Waals surface area contributed by atoms with Crippen LogP contribution in [0.2, 0.25) is 0 Å². The Hall–Kier alpha value is -4.34. The topological polar surface area (TPSA) is 170 Å². The smallest absolute Gasteiger partial charge is 0.306 e. The van der Waals surface area contributed by atoms with E-state index < -0.39 is 80.5 Å². The number of hydrogen-bond acceptors (Lipinski definition) is 10. The first-order valence-corrected chi connectivity index (χ1v) is 21.6. The number of amides is 3. The summed E-state index contributed by atoms with van der Waals surface area (Å²) in [6, 6.07) is 2.72. The molecule has 6 atom stereocenters. The van der Waals surface area contributed by atoms with Crippen molar-refractivity contribution < 1.29 is 53.3 Å². The zero-order chi connectivity index (χ0) is 43.6. The molecule has 2 saturated carbocycles. The Morgan fingerprint density at radius 1 is 1.15 bits per heavy atom. The molecule has 0 radical (unpaired) electrons. The number of alkyl halides is 2. The maximum atomic E-state index is 16.9. The number of rotatable bonds is 8. The number of hydrogen-bond donors (Lipinski definition) is 2. The van der Waals surface area contributed by atoms with E-state index in [0.29, 0.717) is 43.3 Å². The van der Waals surface area contributed by atoms with Gasteiger partial charge < -0.3 is 24.4 Å². The van der Waals surface area contributed by atoms with Gasteiger partial charge in [0.15, 0.2) is 0 Å². The summed E-state index contributed by atoms with van der Waals surface area (Å²) in [7, 11) is -4.07. The minimum absolute atomic E-state index is 0. The maximum Gasteiger partial charge on any atom is 0.306 e. The van der Waals surface area contributed by atoms with Gasteiger partial charge in [-0.05, 0) is 76.0 Å². The predicted octanol–water partition coefficient (Wildman–Crippen LogP) is 6.61. The molecule has 0 unspecified atom stereocenters. The van der Waals surface area contributed by atoms with Gasteiger partial charge in [-0.15, -0.1) is 0 Å². The molecule has 5 aliphatic rings. The SMILES string of the molecule is C.[2H]C([2H])(F)Oc1ccc2nc(C)c3c(c2c1)[C@H](F)C[C@]1(C[C@H]2C(=O)N[C@]4(C(=O)NS(=O)(=O)C5(C)CC5)C[C@H]4/C=C\CCCCC[C@H](CC(=O)OCC(C)(C)C)C(=O)N2C1)O3. The molecule has 3 fully saturated rings. The van der Waals surface area contributed by atoms with E-state index in [2.05, 4.69) is 15.0 Å². The summed E-state index contributed by atoms with van der Waals surface area (Å²) in [6.07, 6.45) is 5.02. The highest BCUT2D eigenvalue weighted by atomic mass is 32.2. The lowest BCUT2D eigenvalue weighted by Gasteiger charge is -2.38. The summed E-state index contributed by atoms with van der Waals surface area (Å²) in [6.45, 7) is 5.24. The number of pyridine rings is 1. The Labute approximate surface area is 348 Å². The number of aryl methyl sites for hydroxylation is 1. The van der Waals surface area contributed by atoms with Crippen LogP contribution in [0.1, 0.15) is 126 Å². The van der Waals surface area contributed by atoms with Gasteiger partial charge in [0.05, 0.1) is 35.5 Å². The lowest BCUT2D eigenvalue weighted by Crippen LogP contribution is -2.57. The van der Waals surface area contributed by atoms with Crippen LogP contribution in [0, 0.1) is 24.2 Å². The molecule has 59 heavy (non-hydrogen) atoms. The third kappa shape index (κ3) is 8.93. The molecule has 3 aliphatic heterocycles. The van der Waals surface area contributed by atoms with Crippen molar-refractivity contribution in [1.29, 1.82) is 0 Å². The zero-order valence-electron chi connectivity index (χ0n) is 35.6. The van der Waals surface area contributed by atoms with E-state index in [-0.39, 0.29) is 74.1 Å². The van der Waals surface area contributed by atoms with Crippen molar-refractivity contribution in [3.05, 3.63) is 41.6 Å². The number of fused-ring (bicyclic) bond motifs is 5. The first-order chi connectivity index (χ1) is 27.9. The quantitative estimate of drug-likeness (QED) is 0.218. The van der Waals surface area contributed by atoms with Crippen molar-refractivity contribution >= 4 is 44.6 Å². The second-order valence-corrected chi connectivity index (χ2v) is 20.5. The van der Waals surface area contributed by atoms with Crippen LogP contribution in [-0.4, -0.2) is 83.9 Å². The lowest BCUT2D eigenvalue weighted by molar-refractivity contribution is -0.152. The third-order valence-electron chi connectivity index (χ3n) is 12.3. The Morgan fingerprint density at radius 2 is 1.90 bits per heavy atom. The van der Waals surface area contributed by atoms with Gasteiger partial charge in [-0.25, -0.2) is 22.2 Å². The van der Waals surface area contributed by atoms with Gasteiger partial charge >= 0.3 is 5.97 Å². The molecule has 2 aliphatic carbocycles. The lowest BCUT2D eigenvalue weighted by atomic mass is 9.86. The Morgan fingerprint density at radius 3 is 2.59 bits per heavy atom. The summed E-state index contributed by atoms with van der Waals surface area (Å²) >= 11 is 0. The highest BCUT2D eigenvalue weighted by molar-refractivity contribution is 7.91. The first-order valence-electron chi connectivity index (χ1n) is 21.1. The van der Waals surface area contributed by atoms with E-state index in [9.17, 15) is 32.0 Å². The van der Waals surface area contributed by atoms with Gasteiger partial charge in [0.1, 0.15) is 37.6 Å². The summed E-state index contributed by atoms with van der Waals surface area (Å²) in [4.78, 5) is 62.6. The number of aromatic nitrogens is 1. The largest absolute Gasteiger partial charge is 0.483 e. The average molecular weight is 847 g/mol. The van der Waals surface area contributed by atoms with E-state index in [0.717, 1.165) is 12.8 Å². The number of ether oxygens (including phenoxy) is 3. The molecule has 4 heterocycles. The zero-order valence-corrected chi connectivity index (χ0v) is 34.4. The van der Waals surface area contributed by atoms with E-state index in [1.165, 1.54) is 23.1 Å². The minimum Gasteiger partial charge on any atom is -0.483 e. The first kappa shape index (κ1) is 41.4. The fourth-order valence-electron chi connectivity index (χ4n) is 8.51. The van der Waals surface area contributed by atoms with Gasteiger partial charge in [0, 0.05) is 35.6 Å². The van der Waals surface area contributed by atoms with Crippen LogP contribution in [0.25, 0.3) is 10.9 Å². The molecule has 1 aromatic heterocycles. The normalized spacial score (nSPS) is 30.3. The highest BCUT2D eigenvalue weighted by Crippen LogP contribution is 2.52. The number of halogens is 2. The number of esters is 1. The Kier molecular flexibility index (Phi) is 11.4. The molecule has 7 rings (SSSR count). The summed E-state index contributed by atoms with van der Waals surface area (Å²) in [5, 5.41) is 3.04. The Balaban J connectivity index is 0.00000622. The van der Waals surface area contributed by atoms with Crippen LogP contribution in [0.15, 0.2) is 30.4 Å². The van der Waals surface area contributed by atoms with Gasteiger partial charge in [-0.3, -0.25) is 23.9 Å². The van der Waals surface area contributed by atoms with Gasteiger partial charge in [0.25, 0.3) is 5.91 Å². The van der Waals surface area contributed by atoms with Crippen molar-refractivity contribution in [2.75, 3.05) is 20.0 Å². The summed E-state index contributed by atoms with van der Waals surface area (Å²) in [5.74, 6) is -4.35. The molecular weight excluding hydrogens is 787 g/mol. The van der Waals surface area contributed by atoms with Crippen LogP contribution in [-0.2, 0) is 33.9 Å². The number of nitrogens with zero attached hydrogens (tertiary/aromatic N) is 2. The number of benzene rings is 1. The van der Waals surface area contributed by atoms with E-state index in [1.807, 2.05) is 32.9 Å². The summed E-state index contributed by atoms with van der Waals surface area (Å²) < 4.78 is 89.7. The Bertz CT molecular complexity index is 2230. The molecular formula is C43H58F2N4O9S. The van der Waals surface area contributed by atoms with Gasteiger partial charge in [-0.1, -0.05) is 53.2 Å². The fourth-order valence-corrected chi connectivity index (χ4v) is 9.82. The van der Waals surface area contributed by atoms with E-state index in [1.54, 1.807) is 13.8 Å².